The average Bonchev–Trinajstić information content (AvgIpc) is 3.47. The van der Waals surface area contributed by atoms with Gasteiger partial charge in [0, 0.05) is 34.1 Å². The fraction of sp³-hybridized carbons (Fsp3) is 0. The SMILES string of the molecule is Clc1ccc(Sc2cn(-c3ccccn3)nc2-c2ccc(-c3ncon3)cn2)cc1. The minimum absolute atomic E-state index is 0.490. The summed E-state index contributed by atoms with van der Waals surface area (Å²) >= 11 is 7.61. The van der Waals surface area contributed by atoms with Gasteiger partial charge in [0.2, 0.25) is 12.2 Å². The van der Waals surface area contributed by atoms with Gasteiger partial charge in [-0.1, -0.05) is 34.6 Å². The molecule has 30 heavy (non-hydrogen) atoms. The van der Waals surface area contributed by atoms with Gasteiger partial charge in [0.1, 0.15) is 5.69 Å². The minimum atomic E-state index is 0.490. The molecule has 5 aromatic rings. The molecule has 0 aliphatic carbocycles. The van der Waals surface area contributed by atoms with Crippen molar-refractivity contribution in [3.05, 3.63) is 84.6 Å². The molecule has 1 aromatic carbocycles. The second-order valence-electron chi connectivity index (χ2n) is 6.22. The van der Waals surface area contributed by atoms with Gasteiger partial charge in [-0.25, -0.2) is 9.67 Å². The topological polar surface area (TPSA) is 82.5 Å². The van der Waals surface area contributed by atoms with Crippen LogP contribution in [0.15, 0.2) is 93.9 Å². The van der Waals surface area contributed by atoms with Gasteiger partial charge in [0.15, 0.2) is 5.82 Å². The highest BCUT2D eigenvalue weighted by molar-refractivity contribution is 7.99. The van der Waals surface area contributed by atoms with Crippen molar-refractivity contribution in [1.82, 2.24) is 29.9 Å². The van der Waals surface area contributed by atoms with Crippen LogP contribution in [-0.2, 0) is 0 Å². The van der Waals surface area contributed by atoms with Crippen LogP contribution in [0.25, 0.3) is 28.6 Å². The van der Waals surface area contributed by atoms with E-state index >= 15 is 0 Å². The van der Waals surface area contributed by atoms with E-state index in [0.717, 1.165) is 32.6 Å². The molecule has 4 heterocycles. The van der Waals surface area contributed by atoms with Crippen LogP contribution < -0.4 is 0 Å². The Labute approximate surface area is 180 Å². The second-order valence-corrected chi connectivity index (χ2v) is 7.77. The Morgan fingerprint density at radius 2 is 1.83 bits per heavy atom. The Balaban J connectivity index is 1.55. The van der Waals surface area contributed by atoms with Crippen molar-refractivity contribution in [2.24, 2.45) is 0 Å². The Bertz CT molecular complexity index is 1260. The van der Waals surface area contributed by atoms with Crippen molar-refractivity contribution in [3.63, 3.8) is 0 Å². The van der Waals surface area contributed by atoms with E-state index < -0.39 is 0 Å². The van der Waals surface area contributed by atoms with Crippen molar-refractivity contribution in [2.75, 3.05) is 0 Å². The Kier molecular flexibility index (Phi) is 5.00. The summed E-state index contributed by atoms with van der Waals surface area (Å²) in [6.45, 7) is 0. The maximum absolute atomic E-state index is 6.02. The quantitative estimate of drug-likeness (QED) is 0.378. The zero-order chi connectivity index (χ0) is 20.3. The summed E-state index contributed by atoms with van der Waals surface area (Å²) in [6.07, 6.45) is 6.68. The number of aromatic nitrogens is 6. The lowest BCUT2D eigenvalue weighted by Gasteiger charge is -2.03. The molecule has 0 N–H and O–H groups in total. The molecule has 0 spiro atoms. The predicted octanol–water partition coefficient (Wildman–Crippen LogP) is 5.18. The van der Waals surface area contributed by atoms with E-state index in [2.05, 4.69) is 20.1 Å². The van der Waals surface area contributed by atoms with Crippen molar-refractivity contribution in [1.29, 1.82) is 0 Å². The number of pyridine rings is 2. The third-order valence-electron chi connectivity index (χ3n) is 4.23. The van der Waals surface area contributed by atoms with Crippen LogP contribution in [0.1, 0.15) is 0 Å². The largest absolute Gasteiger partial charge is 0.342 e. The van der Waals surface area contributed by atoms with Gasteiger partial charge in [0.25, 0.3) is 0 Å². The summed E-state index contributed by atoms with van der Waals surface area (Å²) in [5, 5.41) is 9.29. The predicted molar refractivity (Wildman–Crippen MR) is 113 cm³/mol. The highest BCUT2D eigenvalue weighted by Crippen LogP contribution is 2.36. The molecular formula is C21H13ClN6OS. The van der Waals surface area contributed by atoms with Crippen molar-refractivity contribution in [3.8, 4) is 28.6 Å². The molecule has 0 radical (unpaired) electrons. The second kappa shape index (κ2) is 8.10. The van der Waals surface area contributed by atoms with Crippen LogP contribution in [0.5, 0.6) is 0 Å². The van der Waals surface area contributed by atoms with Crippen LogP contribution in [0.2, 0.25) is 5.02 Å². The molecule has 0 atom stereocenters. The van der Waals surface area contributed by atoms with Crippen molar-refractivity contribution in [2.45, 2.75) is 9.79 Å². The van der Waals surface area contributed by atoms with Crippen LogP contribution in [-0.4, -0.2) is 29.9 Å². The average molecular weight is 433 g/mol. The molecule has 0 saturated heterocycles. The number of nitrogens with zero attached hydrogens (tertiary/aromatic N) is 6. The van der Waals surface area contributed by atoms with Crippen LogP contribution in [0, 0.1) is 0 Å². The zero-order valence-corrected chi connectivity index (χ0v) is 17.0. The molecule has 5 rings (SSSR count). The normalized spacial score (nSPS) is 11.0. The Morgan fingerprint density at radius 1 is 0.933 bits per heavy atom. The van der Waals surface area contributed by atoms with Gasteiger partial charge >= 0.3 is 0 Å². The minimum Gasteiger partial charge on any atom is -0.342 e. The molecule has 4 aromatic heterocycles. The van der Waals surface area contributed by atoms with E-state index in [1.54, 1.807) is 28.8 Å². The fourth-order valence-corrected chi connectivity index (χ4v) is 3.86. The first-order chi connectivity index (χ1) is 14.8. The van der Waals surface area contributed by atoms with E-state index in [4.69, 9.17) is 21.2 Å². The number of hydrogen-bond donors (Lipinski definition) is 0. The van der Waals surface area contributed by atoms with E-state index in [0.29, 0.717) is 10.8 Å². The molecule has 9 heteroatoms. The molecule has 7 nitrogen and oxygen atoms in total. The summed E-state index contributed by atoms with van der Waals surface area (Å²) in [5.74, 6) is 1.22. The first-order valence-corrected chi connectivity index (χ1v) is 10.1. The van der Waals surface area contributed by atoms with Gasteiger partial charge in [-0.15, -0.1) is 0 Å². The zero-order valence-electron chi connectivity index (χ0n) is 15.4. The van der Waals surface area contributed by atoms with Crippen molar-refractivity contribution >= 4 is 23.4 Å². The molecule has 0 aliphatic heterocycles. The van der Waals surface area contributed by atoms with Crippen LogP contribution in [0.3, 0.4) is 0 Å². The van der Waals surface area contributed by atoms with Crippen LogP contribution >= 0.6 is 23.4 Å². The highest BCUT2D eigenvalue weighted by atomic mass is 35.5. The molecule has 146 valence electrons. The number of halogens is 1. The Morgan fingerprint density at radius 3 is 2.53 bits per heavy atom. The van der Waals surface area contributed by atoms with Gasteiger partial charge in [0.05, 0.1) is 10.6 Å². The smallest absolute Gasteiger partial charge is 0.214 e. The monoisotopic (exact) mass is 432 g/mol. The summed E-state index contributed by atoms with van der Waals surface area (Å²) in [4.78, 5) is 15.0. The summed E-state index contributed by atoms with van der Waals surface area (Å²) in [7, 11) is 0. The summed E-state index contributed by atoms with van der Waals surface area (Å²) < 4.78 is 6.56. The molecule has 0 bridgehead atoms. The maximum Gasteiger partial charge on any atom is 0.214 e. The lowest BCUT2D eigenvalue weighted by Crippen LogP contribution is -1.97. The summed E-state index contributed by atoms with van der Waals surface area (Å²) in [5.41, 5.74) is 2.25. The van der Waals surface area contributed by atoms with E-state index in [1.165, 1.54) is 6.39 Å². The molecule has 0 saturated carbocycles. The number of hydrogen-bond acceptors (Lipinski definition) is 7. The highest BCUT2D eigenvalue weighted by Gasteiger charge is 2.16. The van der Waals surface area contributed by atoms with Crippen molar-refractivity contribution < 1.29 is 4.52 Å². The molecule has 0 aliphatic rings. The number of benzene rings is 1. The van der Waals surface area contributed by atoms with E-state index in [-0.39, 0.29) is 0 Å². The third kappa shape index (κ3) is 3.83. The van der Waals surface area contributed by atoms with E-state index in [1.807, 2.05) is 60.8 Å². The Hall–Kier alpha value is -3.49. The molecule has 0 fully saturated rings. The van der Waals surface area contributed by atoms with Gasteiger partial charge in [-0.3, -0.25) is 4.98 Å². The lowest BCUT2D eigenvalue weighted by molar-refractivity contribution is 0.418. The third-order valence-corrected chi connectivity index (χ3v) is 5.51. The van der Waals surface area contributed by atoms with Gasteiger partial charge < -0.3 is 4.52 Å². The standard InChI is InChI=1S/C21H13ClN6OS/c22-15-5-7-16(8-6-15)30-18-12-28(19-3-1-2-10-23-19)26-20(18)17-9-4-14(11-24-17)21-25-13-29-27-21/h1-13H. The first kappa shape index (κ1) is 18.5. The van der Waals surface area contributed by atoms with Gasteiger partial charge in [-0.05, 0) is 48.5 Å². The molecule has 0 amide bonds. The fourth-order valence-electron chi connectivity index (χ4n) is 2.81. The van der Waals surface area contributed by atoms with Crippen LogP contribution in [0.4, 0.5) is 0 Å². The lowest BCUT2D eigenvalue weighted by atomic mass is 10.2. The molecular weight excluding hydrogens is 420 g/mol. The number of rotatable bonds is 5. The summed E-state index contributed by atoms with van der Waals surface area (Å²) in [6, 6.07) is 17.2. The van der Waals surface area contributed by atoms with E-state index in [9.17, 15) is 0 Å². The van der Waals surface area contributed by atoms with Gasteiger partial charge in [-0.2, -0.15) is 10.1 Å². The maximum atomic E-state index is 6.02. The first-order valence-electron chi connectivity index (χ1n) is 8.94. The molecule has 0 unspecified atom stereocenters.